The number of piperazine rings is 1. The summed E-state index contributed by atoms with van der Waals surface area (Å²) in [5.41, 5.74) is 7.99. The third kappa shape index (κ3) is 3.51. The highest BCUT2D eigenvalue weighted by Gasteiger charge is 2.20. The zero-order valence-corrected chi connectivity index (χ0v) is 11.5. The number of nitrogens with zero attached hydrogens (tertiary/aromatic N) is 3. The molecule has 4 heteroatoms. The fourth-order valence-electron chi connectivity index (χ4n) is 2.43. The lowest BCUT2D eigenvalue weighted by atomic mass is 10.2. The van der Waals surface area contributed by atoms with E-state index in [1.165, 1.54) is 5.69 Å². The topological polar surface area (TPSA) is 45.4 Å². The van der Waals surface area contributed by atoms with Gasteiger partial charge in [0.25, 0.3) is 0 Å². The Bertz CT molecular complexity index is 372. The van der Waals surface area contributed by atoms with E-state index in [0.717, 1.165) is 45.0 Å². The van der Waals surface area contributed by atoms with Crippen LogP contribution in [0.4, 0.5) is 0 Å². The first-order valence-corrected chi connectivity index (χ1v) is 6.78. The Hall–Kier alpha value is -0.970. The van der Waals surface area contributed by atoms with Crippen molar-refractivity contribution in [2.45, 2.75) is 26.4 Å². The zero-order chi connectivity index (χ0) is 13.0. The molecule has 2 N–H and O–H groups in total. The van der Waals surface area contributed by atoms with E-state index in [4.69, 9.17) is 5.73 Å². The summed E-state index contributed by atoms with van der Waals surface area (Å²) in [4.78, 5) is 9.51. The van der Waals surface area contributed by atoms with Crippen molar-refractivity contribution in [1.29, 1.82) is 0 Å². The molecule has 0 radical (unpaired) electrons. The van der Waals surface area contributed by atoms with Crippen LogP contribution in [0, 0.1) is 6.92 Å². The summed E-state index contributed by atoms with van der Waals surface area (Å²) in [6.07, 6.45) is 0. The minimum Gasteiger partial charge on any atom is -0.329 e. The number of aryl methyl sites for hydroxylation is 1. The van der Waals surface area contributed by atoms with E-state index in [1.807, 2.05) is 13.0 Å². The van der Waals surface area contributed by atoms with Gasteiger partial charge in [-0.2, -0.15) is 0 Å². The molecule has 18 heavy (non-hydrogen) atoms. The average Bonchev–Trinajstić information content (AvgIpc) is 2.39. The number of aromatic nitrogens is 1. The molecule has 1 atom stereocenters. The van der Waals surface area contributed by atoms with Crippen molar-refractivity contribution in [2.24, 2.45) is 5.73 Å². The summed E-state index contributed by atoms with van der Waals surface area (Å²) >= 11 is 0. The maximum Gasteiger partial charge on any atom is 0.0547 e. The fourth-order valence-corrected chi connectivity index (χ4v) is 2.43. The monoisotopic (exact) mass is 248 g/mol. The first-order valence-electron chi connectivity index (χ1n) is 6.78. The Balaban J connectivity index is 1.83. The Morgan fingerprint density at radius 3 is 2.61 bits per heavy atom. The molecule has 1 aliphatic rings. The van der Waals surface area contributed by atoms with Gasteiger partial charge in [-0.15, -0.1) is 0 Å². The van der Waals surface area contributed by atoms with Crippen molar-refractivity contribution < 1.29 is 0 Å². The number of nitrogens with two attached hydrogens (primary N) is 1. The van der Waals surface area contributed by atoms with Crippen LogP contribution in [0.2, 0.25) is 0 Å². The highest BCUT2D eigenvalue weighted by molar-refractivity contribution is 5.09. The van der Waals surface area contributed by atoms with Gasteiger partial charge in [0.15, 0.2) is 0 Å². The summed E-state index contributed by atoms with van der Waals surface area (Å²) < 4.78 is 0. The largest absolute Gasteiger partial charge is 0.329 e. The third-order valence-corrected chi connectivity index (χ3v) is 3.70. The van der Waals surface area contributed by atoms with Crippen molar-refractivity contribution in [3.8, 4) is 0 Å². The first kappa shape index (κ1) is 13.5. The Morgan fingerprint density at radius 1 is 1.28 bits per heavy atom. The molecule has 0 aliphatic carbocycles. The SMILES string of the molecule is Cc1cccc(CN2CCN(C(C)CN)CC2)n1. The predicted molar refractivity (Wildman–Crippen MR) is 74.3 cm³/mol. The second-order valence-electron chi connectivity index (χ2n) is 5.17. The van der Waals surface area contributed by atoms with Gasteiger partial charge in [-0.25, -0.2) is 0 Å². The van der Waals surface area contributed by atoms with Gasteiger partial charge in [0, 0.05) is 51.0 Å². The van der Waals surface area contributed by atoms with E-state index >= 15 is 0 Å². The molecule has 1 aromatic rings. The van der Waals surface area contributed by atoms with Gasteiger partial charge in [-0.05, 0) is 26.0 Å². The highest BCUT2D eigenvalue weighted by atomic mass is 15.3. The number of hydrogen-bond donors (Lipinski definition) is 1. The van der Waals surface area contributed by atoms with Crippen LogP contribution in [-0.4, -0.2) is 53.5 Å². The standard InChI is InChI=1S/C14H24N4/c1-12-4-3-5-14(16-12)11-17-6-8-18(9-7-17)13(2)10-15/h3-5,13H,6-11,15H2,1-2H3. The van der Waals surface area contributed by atoms with Gasteiger partial charge < -0.3 is 5.73 Å². The molecule has 4 nitrogen and oxygen atoms in total. The van der Waals surface area contributed by atoms with Gasteiger partial charge >= 0.3 is 0 Å². The van der Waals surface area contributed by atoms with Crippen LogP contribution in [0.3, 0.4) is 0 Å². The molecule has 1 saturated heterocycles. The Kier molecular flexibility index (Phi) is 4.69. The van der Waals surface area contributed by atoms with E-state index in [2.05, 4.69) is 33.8 Å². The molecule has 2 heterocycles. The molecule has 2 rings (SSSR count). The van der Waals surface area contributed by atoms with Crippen LogP contribution < -0.4 is 5.73 Å². The predicted octanol–water partition coefficient (Wildman–Crippen LogP) is 0.855. The number of hydrogen-bond acceptors (Lipinski definition) is 4. The minimum atomic E-state index is 0.504. The second-order valence-corrected chi connectivity index (χ2v) is 5.17. The van der Waals surface area contributed by atoms with Crippen LogP contribution in [0.1, 0.15) is 18.3 Å². The molecule has 1 unspecified atom stereocenters. The van der Waals surface area contributed by atoms with Gasteiger partial charge in [-0.1, -0.05) is 6.07 Å². The third-order valence-electron chi connectivity index (χ3n) is 3.70. The van der Waals surface area contributed by atoms with Gasteiger partial charge in [0.1, 0.15) is 0 Å². The van der Waals surface area contributed by atoms with Gasteiger partial charge in [0.05, 0.1) is 5.69 Å². The van der Waals surface area contributed by atoms with Crippen LogP contribution in [-0.2, 0) is 6.54 Å². The van der Waals surface area contributed by atoms with E-state index in [0.29, 0.717) is 6.04 Å². The summed E-state index contributed by atoms with van der Waals surface area (Å²) in [6, 6.07) is 6.75. The van der Waals surface area contributed by atoms with Crippen LogP contribution in [0.25, 0.3) is 0 Å². The maximum atomic E-state index is 5.71. The molecule has 0 bridgehead atoms. The van der Waals surface area contributed by atoms with Crippen molar-refractivity contribution in [2.75, 3.05) is 32.7 Å². The smallest absolute Gasteiger partial charge is 0.0547 e. The van der Waals surface area contributed by atoms with Crippen molar-refractivity contribution in [3.05, 3.63) is 29.6 Å². The van der Waals surface area contributed by atoms with Crippen LogP contribution in [0.5, 0.6) is 0 Å². The first-order chi connectivity index (χ1) is 8.69. The molecule has 0 aromatic carbocycles. The summed E-state index contributed by atoms with van der Waals surface area (Å²) in [6.45, 7) is 10.4. The highest BCUT2D eigenvalue weighted by Crippen LogP contribution is 2.09. The van der Waals surface area contributed by atoms with E-state index in [1.54, 1.807) is 0 Å². The lowest BCUT2D eigenvalue weighted by molar-refractivity contribution is 0.0997. The molecule has 1 aliphatic heterocycles. The van der Waals surface area contributed by atoms with Crippen molar-refractivity contribution >= 4 is 0 Å². The molecule has 1 fully saturated rings. The molecule has 0 amide bonds. The average molecular weight is 248 g/mol. The quantitative estimate of drug-likeness (QED) is 0.858. The van der Waals surface area contributed by atoms with Gasteiger partial charge in [-0.3, -0.25) is 14.8 Å². The Morgan fingerprint density at radius 2 is 2.00 bits per heavy atom. The molecular formula is C14H24N4. The molecule has 100 valence electrons. The fraction of sp³-hybridized carbons (Fsp3) is 0.643. The van der Waals surface area contributed by atoms with E-state index in [-0.39, 0.29) is 0 Å². The summed E-state index contributed by atoms with van der Waals surface area (Å²) in [5, 5.41) is 0. The number of pyridine rings is 1. The molecule has 1 aromatic heterocycles. The van der Waals surface area contributed by atoms with Crippen molar-refractivity contribution in [3.63, 3.8) is 0 Å². The molecule has 0 saturated carbocycles. The number of rotatable bonds is 4. The lowest BCUT2D eigenvalue weighted by Gasteiger charge is -2.37. The van der Waals surface area contributed by atoms with E-state index < -0.39 is 0 Å². The van der Waals surface area contributed by atoms with Crippen molar-refractivity contribution in [1.82, 2.24) is 14.8 Å². The minimum absolute atomic E-state index is 0.504. The van der Waals surface area contributed by atoms with Gasteiger partial charge in [0.2, 0.25) is 0 Å². The second kappa shape index (κ2) is 6.27. The summed E-state index contributed by atoms with van der Waals surface area (Å²) in [5.74, 6) is 0. The zero-order valence-electron chi connectivity index (χ0n) is 11.5. The van der Waals surface area contributed by atoms with Crippen LogP contribution in [0.15, 0.2) is 18.2 Å². The Labute approximate surface area is 110 Å². The van der Waals surface area contributed by atoms with Crippen LogP contribution >= 0.6 is 0 Å². The molecule has 0 spiro atoms. The maximum absolute atomic E-state index is 5.71. The lowest BCUT2D eigenvalue weighted by Crippen LogP contribution is -2.51. The normalized spacial score (nSPS) is 19.9. The summed E-state index contributed by atoms with van der Waals surface area (Å²) in [7, 11) is 0. The van der Waals surface area contributed by atoms with E-state index in [9.17, 15) is 0 Å². The molecular weight excluding hydrogens is 224 g/mol.